The number of aromatic nitrogens is 2. The fourth-order valence-electron chi connectivity index (χ4n) is 2.21. The molecule has 24 heavy (non-hydrogen) atoms. The molecule has 0 aliphatic carbocycles. The van der Waals surface area contributed by atoms with Gasteiger partial charge in [-0.2, -0.15) is 0 Å². The highest BCUT2D eigenvalue weighted by Gasteiger charge is 2.13. The molecule has 0 saturated carbocycles. The number of imidazole rings is 1. The minimum Gasteiger partial charge on any atom is -0.497 e. The van der Waals surface area contributed by atoms with Crippen LogP contribution in [-0.2, 0) is 16.6 Å². The van der Waals surface area contributed by atoms with E-state index in [2.05, 4.69) is 9.71 Å². The average molecular weight is 343 g/mol. The van der Waals surface area contributed by atoms with Gasteiger partial charge >= 0.3 is 0 Å². The van der Waals surface area contributed by atoms with E-state index in [1.54, 1.807) is 24.7 Å². The number of methoxy groups -OCH3 is 1. The highest BCUT2D eigenvalue weighted by atomic mass is 32.2. The Kier molecular flexibility index (Phi) is 4.64. The molecule has 0 unspecified atom stereocenters. The Balaban J connectivity index is 1.67. The Labute approximate surface area is 140 Å². The van der Waals surface area contributed by atoms with Crippen molar-refractivity contribution >= 4 is 10.0 Å². The molecule has 1 heterocycles. The van der Waals surface area contributed by atoms with Gasteiger partial charge in [0.05, 0.1) is 18.3 Å². The second-order valence-corrected chi connectivity index (χ2v) is 6.90. The Hall–Kier alpha value is -2.64. The molecule has 0 spiro atoms. The number of hydrogen-bond donors (Lipinski definition) is 1. The molecule has 1 N–H and O–H groups in total. The minimum absolute atomic E-state index is 0.207. The third-order valence-electron chi connectivity index (χ3n) is 3.57. The zero-order valence-corrected chi connectivity index (χ0v) is 13.9. The lowest BCUT2D eigenvalue weighted by molar-refractivity contribution is 0.414. The quantitative estimate of drug-likeness (QED) is 0.746. The van der Waals surface area contributed by atoms with Gasteiger partial charge < -0.3 is 9.30 Å². The second kappa shape index (κ2) is 6.86. The van der Waals surface area contributed by atoms with Crippen molar-refractivity contribution in [2.75, 3.05) is 7.11 Å². The van der Waals surface area contributed by atoms with E-state index in [1.165, 1.54) is 19.2 Å². The summed E-state index contributed by atoms with van der Waals surface area (Å²) in [5.74, 6) is 0.615. The van der Waals surface area contributed by atoms with Gasteiger partial charge in [0, 0.05) is 24.6 Å². The predicted octanol–water partition coefficient (Wildman–Crippen LogP) is 2.36. The van der Waals surface area contributed by atoms with E-state index in [0.29, 0.717) is 5.75 Å². The van der Waals surface area contributed by atoms with Gasteiger partial charge in [-0.05, 0) is 42.0 Å². The summed E-state index contributed by atoms with van der Waals surface area (Å²) in [4.78, 5) is 4.20. The molecule has 0 fully saturated rings. The van der Waals surface area contributed by atoms with Crippen molar-refractivity contribution in [3.05, 3.63) is 72.8 Å². The number of nitrogens with one attached hydrogen (secondary N) is 1. The molecular weight excluding hydrogens is 326 g/mol. The van der Waals surface area contributed by atoms with Crippen molar-refractivity contribution in [1.82, 2.24) is 14.3 Å². The average Bonchev–Trinajstić information content (AvgIpc) is 3.15. The van der Waals surface area contributed by atoms with Crippen LogP contribution in [0.4, 0.5) is 0 Å². The van der Waals surface area contributed by atoms with E-state index in [0.717, 1.165) is 11.3 Å². The van der Waals surface area contributed by atoms with E-state index in [-0.39, 0.29) is 11.4 Å². The van der Waals surface area contributed by atoms with Crippen LogP contribution in [0.3, 0.4) is 0 Å². The van der Waals surface area contributed by atoms with Crippen LogP contribution >= 0.6 is 0 Å². The van der Waals surface area contributed by atoms with Crippen molar-refractivity contribution in [2.24, 2.45) is 0 Å². The SMILES string of the molecule is COc1ccc(S(=O)(=O)NCc2ccc(-n3ccnc3)cc2)cc1. The Morgan fingerprint density at radius 1 is 1.08 bits per heavy atom. The number of nitrogens with zero attached hydrogens (tertiary/aromatic N) is 2. The lowest BCUT2D eigenvalue weighted by atomic mass is 10.2. The molecule has 1 aromatic heterocycles. The number of hydrogen-bond acceptors (Lipinski definition) is 4. The zero-order chi connectivity index (χ0) is 17.0. The van der Waals surface area contributed by atoms with Gasteiger partial charge in [0.2, 0.25) is 10.0 Å². The summed E-state index contributed by atoms with van der Waals surface area (Å²) >= 11 is 0. The third-order valence-corrected chi connectivity index (χ3v) is 4.99. The molecule has 0 saturated heterocycles. The summed E-state index contributed by atoms with van der Waals surface area (Å²) in [6.45, 7) is 0.221. The van der Waals surface area contributed by atoms with Crippen molar-refractivity contribution in [3.63, 3.8) is 0 Å². The molecule has 0 atom stereocenters. The maximum absolute atomic E-state index is 12.3. The van der Waals surface area contributed by atoms with Crippen molar-refractivity contribution in [1.29, 1.82) is 0 Å². The van der Waals surface area contributed by atoms with Crippen molar-refractivity contribution in [2.45, 2.75) is 11.4 Å². The second-order valence-electron chi connectivity index (χ2n) is 5.14. The third kappa shape index (κ3) is 3.64. The van der Waals surface area contributed by atoms with E-state index in [1.807, 2.05) is 35.0 Å². The number of ether oxygens (including phenoxy) is 1. The van der Waals surface area contributed by atoms with Crippen LogP contribution in [-0.4, -0.2) is 25.1 Å². The monoisotopic (exact) mass is 343 g/mol. The van der Waals surface area contributed by atoms with E-state index in [4.69, 9.17) is 4.74 Å². The maximum Gasteiger partial charge on any atom is 0.240 e. The van der Waals surface area contributed by atoms with Gasteiger partial charge in [-0.15, -0.1) is 0 Å². The van der Waals surface area contributed by atoms with Crippen molar-refractivity contribution in [3.8, 4) is 11.4 Å². The summed E-state index contributed by atoms with van der Waals surface area (Å²) in [7, 11) is -2.02. The first-order chi connectivity index (χ1) is 11.6. The van der Waals surface area contributed by atoms with E-state index < -0.39 is 10.0 Å². The lowest BCUT2D eigenvalue weighted by Crippen LogP contribution is -2.23. The summed E-state index contributed by atoms with van der Waals surface area (Å²) in [5.41, 5.74) is 1.84. The highest BCUT2D eigenvalue weighted by Crippen LogP contribution is 2.16. The Bertz CT molecular complexity index is 887. The van der Waals surface area contributed by atoms with Crippen LogP contribution in [0.5, 0.6) is 5.75 Å². The molecule has 0 amide bonds. The molecule has 7 heteroatoms. The minimum atomic E-state index is -3.56. The molecular formula is C17H17N3O3S. The van der Waals surface area contributed by atoms with E-state index in [9.17, 15) is 8.42 Å². The van der Waals surface area contributed by atoms with Crippen LogP contribution in [0.25, 0.3) is 5.69 Å². The predicted molar refractivity (Wildman–Crippen MR) is 90.6 cm³/mol. The molecule has 0 aliphatic heterocycles. The summed E-state index contributed by atoms with van der Waals surface area (Å²) < 4.78 is 34.1. The van der Waals surface area contributed by atoms with Crippen molar-refractivity contribution < 1.29 is 13.2 Å². The molecule has 0 aliphatic rings. The fraction of sp³-hybridized carbons (Fsp3) is 0.118. The molecule has 2 aromatic carbocycles. The molecule has 124 valence electrons. The highest BCUT2D eigenvalue weighted by molar-refractivity contribution is 7.89. The van der Waals surface area contributed by atoms with Gasteiger partial charge in [0.25, 0.3) is 0 Å². The molecule has 3 rings (SSSR count). The van der Waals surface area contributed by atoms with Gasteiger partial charge in [0.15, 0.2) is 0 Å². The van der Waals surface area contributed by atoms with Crippen LogP contribution < -0.4 is 9.46 Å². The first-order valence-corrected chi connectivity index (χ1v) is 8.78. The standard InChI is InChI=1S/C17H17N3O3S/c1-23-16-6-8-17(9-7-16)24(21,22)19-12-14-2-4-15(5-3-14)20-11-10-18-13-20/h2-11,13,19H,12H2,1H3. The molecule has 0 bridgehead atoms. The number of benzene rings is 2. The fourth-order valence-corrected chi connectivity index (χ4v) is 3.23. The zero-order valence-electron chi connectivity index (χ0n) is 13.1. The lowest BCUT2D eigenvalue weighted by Gasteiger charge is -2.08. The summed E-state index contributed by atoms with van der Waals surface area (Å²) in [5, 5.41) is 0. The Morgan fingerprint density at radius 2 is 1.79 bits per heavy atom. The first kappa shape index (κ1) is 16.2. The van der Waals surface area contributed by atoms with E-state index >= 15 is 0 Å². The van der Waals surface area contributed by atoms with Gasteiger partial charge in [-0.1, -0.05) is 12.1 Å². The summed E-state index contributed by atoms with van der Waals surface area (Å²) in [6.07, 6.45) is 5.26. The smallest absolute Gasteiger partial charge is 0.240 e. The first-order valence-electron chi connectivity index (χ1n) is 7.29. The van der Waals surface area contributed by atoms with Crippen LogP contribution in [0.1, 0.15) is 5.56 Å². The molecule has 6 nitrogen and oxygen atoms in total. The van der Waals surface area contributed by atoms with Gasteiger partial charge in [-0.3, -0.25) is 0 Å². The number of sulfonamides is 1. The normalized spacial score (nSPS) is 11.4. The topological polar surface area (TPSA) is 73.2 Å². The van der Waals surface area contributed by atoms with Crippen LogP contribution in [0.2, 0.25) is 0 Å². The number of rotatable bonds is 6. The Morgan fingerprint density at radius 3 is 2.38 bits per heavy atom. The van der Waals surface area contributed by atoms with Crippen LogP contribution in [0, 0.1) is 0 Å². The largest absolute Gasteiger partial charge is 0.497 e. The molecule has 0 radical (unpaired) electrons. The van der Waals surface area contributed by atoms with Crippen LogP contribution in [0.15, 0.2) is 72.1 Å². The molecule has 3 aromatic rings. The maximum atomic E-state index is 12.3. The summed E-state index contributed by atoms with van der Waals surface area (Å²) in [6, 6.07) is 13.9. The van der Waals surface area contributed by atoms with Gasteiger partial charge in [-0.25, -0.2) is 18.1 Å². The van der Waals surface area contributed by atoms with Gasteiger partial charge in [0.1, 0.15) is 5.75 Å².